The molecule has 3 rings (SSSR count). The number of thioether (sulfide) groups is 1. The molecule has 3 fully saturated rings. The van der Waals surface area contributed by atoms with E-state index in [-0.39, 0.29) is 37.2 Å². The zero-order valence-corrected chi connectivity index (χ0v) is 31.2. The third-order valence-corrected chi connectivity index (χ3v) is 10.9. The van der Waals surface area contributed by atoms with Gasteiger partial charge in [0.05, 0.1) is 70.5 Å². The summed E-state index contributed by atoms with van der Waals surface area (Å²) in [6, 6.07) is 0.318. The van der Waals surface area contributed by atoms with Crippen molar-refractivity contribution in [2.45, 2.75) is 105 Å². The summed E-state index contributed by atoms with van der Waals surface area (Å²) in [7, 11) is 0. The SMILES string of the molecule is O=C(CCCCC1SCC2NC(=O)NC21)NCCCOCCOCCOCCCNC(=O)[C@H](O)[C@H](O)[C@H](CO[C@@H]1O[C@H](CO)[C@H](O)[C@H](O)[C@H]1O)[C@H](O)CO. The number of aliphatic hydroxyl groups excluding tert-OH is 8. The van der Waals surface area contributed by atoms with Gasteiger partial charge in [0.15, 0.2) is 12.4 Å². The standard InChI is InChI=1S/C33H60N4O16S/c38-15-21(40)19(17-52-32-30(46)28(44)27(43)22(16-39)53-32)26(42)29(45)31(47)35-8-4-10-50-12-14-51-13-11-49-9-3-7-34-24(41)6-2-1-5-23-25-20(18-54-23)36-33(48)37-25/h19-23,25-30,32,38-40,42-46H,1-18H2,(H,34,41)(H,35,47)(H2,36,37,48)/t19-,20?,21-,22-,23?,25?,26-,27+,28+,29-,30-,32-/m1/s1. The lowest BCUT2D eigenvalue weighted by molar-refractivity contribution is -0.306. The molecule has 0 spiro atoms. The van der Waals surface area contributed by atoms with Gasteiger partial charge in [-0.15, -0.1) is 0 Å². The van der Waals surface area contributed by atoms with Gasteiger partial charge in [0.1, 0.15) is 24.4 Å². The molecular formula is C33H60N4O16S. The molecule has 3 unspecified atom stereocenters. The van der Waals surface area contributed by atoms with Crippen LogP contribution >= 0.6 is 11.8 Å². The molecule has 0 aliphatic carbocycles. The number of amides is 4. The van der Waals surface area contributed by atoms with E-state index in [0.717, 1.165) is 25.0 Å². The van der Waals surface area contributed by atoms with Gasteiger partial charge in [-0.1, -0.05) is 6.42 Å². The van der Waals surface area contributed by atoms with Crippen LogP contribution in [0.4, 0.5) is 4.79 Å². The smallest absolute Gasteiger partial charge is 0.315 e. The highest BCUT2D eigenvalue weighted by molar-refractivity contribution is 8.00. The van der Waals surface area contributed by atoms with Crippen LogP contribution in [0.1, 0.15) is 38.5 Å². The van der Waals surface area contributed by atoms with Gasteiger partial charge in [-0.2, -0.15) is 11.8 Å². The van der Waals surface area contributed by atoms with E-state index >= 15 is 0 Å². The van der Waals surface area contributed by atoms with E-state index in [0.29, 0.717) is 64.1 Å². The second-order valence-corrected chi connectivity index (χ2v) is 14.7. The molecule has 21 heteroatoms. The summed E-state index contributed by atoms with van der Waals surface area (Å²) < 4.78 is 27.0. The first-order valence-electron chi connectivity index (χ1n) is 18.5. The Labute approximate surface area is 318 Å². The van der Waals surface area contributed by atoms with Crippen LogP contribution in [-0.2, 0) is 33.3 Å². The maximum Gasteiger partial charge on any atom is 0.315 e. The number of urea groups is 1. The highest BCUT2D eigenvalue weighted by Crippen LogP contribution is 2.33. The number of fused-ring (bicyclic) bond motifs is 1. The van der Waals surface area contributed by atoms with Gasteiger partial charge in [0, 0.05) is 49.6 Å². The van der Waals surface area contributed by atoms with Crippen molar-refractivity contribution < 1.29 is 78.9 Å². The quantitative estimate of drug-likeness (QED) is 0.0261. The number of nitrogens with one attached hydrogen (secondary N) is 4. The maximum atomic E-state index is 12.4. The summed E-state index contributed by atoms with van der Waals surface area (Å²) in [6.45, 7) is 0.524. The van der Waals surface area contributed by atoms with E-state index < -0.39 is 80.7 Å². The molecule has 4 amide bonds. The van der Waals surface area contributed by atoms with E-state index in [1.54, 1.807) is 0 Å². The Morgan fingerprint density at radius 1 is 0.852 bits per heavy atom. The Kier molecular flexibility index (Phi) is 21.8. The van der Waals surface area contributed by atoms with Gasteiger partial charge in [0.25, 0.3) is 5.91 Å². The van der Waals surface area contributed by atoms with E-state index in [1.807, 2.05) is 11.8 Å². The lowest BCUT2D eigenvalue weighted by atomic mass is 9.92. The molecule has 3 heterocycles. The van der Waals surface area contributed by atoms with Gasteiger partial charge in [-0.05, 0) is 25.7 Å². The van der Waals surface area contributed by atoms with Crippen molar-refractivity contribution in [3.8, 4) is 0 Å². The highest BCUT2D eigenvalue weighted by atomic mass is 32.2. The molecule has 314 valence electrons. The predicted molar refractivity (Wildman–Crippen MR) is 190 cm³/mol. The first-order chi connectivity index (χ1) is 26.0. The zero-order valence-electron chi connectivity index (χ0n) is 30.4. The number of carbonyl (C=O) groups excluding carboxylic acids is 3. The molecule has 0 aromatic heterocycles. The van der Waals surface area contributed by atoms with Crippen molar-refractivity contribution >= 4 is 29.6 Å². The molecule has 12 atom stereocenters. The van der Waals surface area contributed by atoms with Crippen LogP contribution in [0.5, 0.6) is 0 Å². The molecule has 0 aromatic carbocycles. The molecule has 3 saturated heterocycles. The van der Waals surface area contributed by atoms with Crippen LogP contribution in [0.2, 0.25) is 0 Å². The van der Waals surface area contributed by atoms with Gasteiger partial charge in [-0.25, -0.2) is 4.79 Å². The van der Waals surface area contributed by atoms with Crippen LogP contribution in [0.25, 0.3) is 0 Å². The largest absolute Gasteiger partial charge is 0.394 e. The summed E-state index contributed by atoms with van der Waals surface area (Å²) in [5.41, 5.74) is 0. The van der Waals surface area contributed by atoms with Crippen LogP contribution < -0.4 is 21.3 Å². The fraction of sp³-hybridized carbons (Fsp3) is 0.909. The second-order valence-electron chi connectivity index (χ2n) is 13.4. The molecule has 12 N–H and O–H groups in total. The van der Waals surface area contributed by atoms with Crippen molar-refractivity contribution in [1.82, 2.24) is 21.3 Å². The van der Waals surface area contributed by atoms with E-state index in [1.165, 1.54) is 0 Å². The molecule has 0 radical (unpaired) electrons. The van der Waals surface area contributed by atoms with Gasteiger partial charge in [0.2, 0.25) is 5.91 Å². The van der Waals surface area contributed by atoms with Crippen molar-refractivity contribution in [3.63, 3.8) is 0 Å². The van der Waals surface area contributed by atoms with Crippen LogP contribution in [0, 0.1) is 5.92 Å². The lowest BCUT2D eigenvalue weighted by Gasteiger charge is -2.40. The first-order valence-corrected chi connectivity index (χ1v) is 19.6. The highest BCUT2D eigenvalue weighted by Gasteiger charge is 2.45. The van der Waals surface area contributed by atoms with Gasteiger partial charge < -0.3 is 85.8 Å². The van der Waals surface area contributed by atoms with Crippen LogP contribution in [0.3, 0.4) is 0 Å². The van der Waals surface area contributed by atoms with E-state index in [9.17, 15) is 55.2 Å². The molecule has 54 heavy (non-hydrogen) atoms. The van der Waals surface area contributed by atoms with Crippen molar-refractivity contribution in [2.24, 2.45) is 5.92 Å². The fourth-order valence-electron chi connectivity index (χ4n) is 6.17. The summed E-state index contributed by atoms with van der Waals surface area (Å²) >= 11 is 1.87. The summed E-state index contributed by atoms with van der Waals surface area (Å²) in [5, 5.41) is 91.5. The van der Waals surface area contributed by atoms with Crippen LogP contribution in [-0.4, -0.2) is 203 Å². The minimum atomic E-state index is -2.03. The molecular weight excluding hydrogens is 740 g/mol. The number of rotatable bonds is 28. The van der Waals surface area contributed by atoms with Gasteiger partial charge >= 0.3 is 6.03 Å². The maximum absolute atomic E-state index is 12.4. The average Bonchev–Trinajstić information content (AvgIpc) is 3.72. The molecule has 0 bridgehead atoms. The zero-order chi connectivity index (χ0) is 39.5. The van der Waals surface area contributed by atoms with Crippen molar-refractivity contribution in [3.05, 3.63) is 0 Å². The third kappa shape index (κ3) is 15.2. The third-order valence-electron chi connectivity index (χ3n) is 9.39. The summed E-state index contributed by atoms with van der Waals surface area (Å²) in [4.78, 5) is 36.0. The average molecular weight is 801 g/mol. The van der Waals surface area contributed by atoms with Crippen molar-refractivity contribution in [2.75, 3.05) is 78.3 Å². The summed E-state index contributed by atoms with van der Waals surface area (Å²) in [5.74, 6) is -1.45. The molecule has 3 aliphatic heterocycles. The van der Waals surface area contributed by atoms with Gasteiger partial charge in [-0.3, -0.25) is 9.59 Å². The molecule has 20 nitrogen and oxygen atoms in total. The predicted octanol–water partition coefficient (Wildman–Crippen LogP) is -4.72. The number of hydrogen-bond acceptors (Lipinski definition) is 17. The Morgan fingerprint density at radius 2 is 1.50 bits per heavy atom. The Hall–Kier alpha value is -1.96. The number of aliphatic hydroxyl groups is 8. The molecule has 0 aromatic rings. The van der Waals surface area contributed by atoms with Crippen molar-refractivity contribution in [1.29, 1.82) is 0 Å². The minimum Gasteiger partial charge on any atom is -0.394 e. The summed E-state index contributed by atoms with van der Waals surface area (Å²) in [6.07, 6.45) is -9.33. The number of hydrogen-bond donors (Lipinski definition) is 12. The second kappa shape index (κ2) is 25.3. The molecule has 3 aliphatic rings. The lowest BCUT2D eigenvalue weighted by Crippen LogP contribution is -2.59. The number of carbonyl (C=O) groups is 3. The minimum absolute atomic E-state index is 0.0224. The number of unbranched alkanes of at least 4 members (excludes halogenated alkanes) is 1. The van der Waals surface area contributed by atoms with Crippen LogP contribution in [0.15, 0.2) is 0 Å². The Balaban J connectivity index is 1.12. The fourth-order valence-corrected chi connectivity index (χ4v) is 7.71. The number of ether oxygens (including phenoxy) is 5. The Bertz CT molecular complexity index is 1100. The first kappa shape index (κ1) is 46.4. The topological polar surface area (TPSA) is 307 Å². The Morgan fingerprint density at radius 3 is 2.15 bits per heavy atom. The molecule has 0 saturated carbocycles. The van der Waals surface area contributed by atoms with E-state index in [2.05, 4.69) is 21.3 Å². The van der Waals surface area contributed by atoms with E-state index in [4.69, 9.17) is 23.7 Å². The normalized spacial score (nSPS) is 28.8. The monoisotopic (exact) mass is 800 g/mol.